The first kappa shape index (κ1) is 12.7. The number of aromatic nitrogens is 1. The number of pyridine rings is 1. The molecule has 1 atom stereocenters. The molecule has 0 aromatic carbocycles. The summed E-state index contributed by atoms with van der Waals surface area (Å²) >= 11 is 0. The van der Waals surface area contributed by atoms with Crippen LogP contribution in [0.15, 0.2) is 24.5 Å². The number of nitrogens with one attached hydrogen (secondary N) is 1. The summed E-state index contributed by atoms with van der Waals surface area (Å²) in [5, 5.41) is 2.98. The van der Waals surface area contributed by atoms with E-state index in [2.05, 4.69) is 15.0 Å². The molecule has 0 spiro atoms. The van der Waals surface area contributed by atoms with Crippen LogP contribution in [0.1, 0.15) is 6.92 Å². The van der Waals surface area contributed by atoms with E-state index < -0.39 is 0 Å². The summed E-state index contributed by atoms with van der Waals surface area (Å²) in [4.78, 5) is 14.9. The van der Waals surface area contributed by atoms with Gasteiger partial charge in [-0.05, 0) is 19.1 Å². The van der Waals surface area contributed by atoms with E-state index in [1.165, 1.54) is 7.11 Å². The Morgan fingerprint density at radius 1 is 1.50 bits per heavy atom. The molecule has 1 aromatic rings. The Labute approximate surface area is 89.1 Å². The molecule has 0 radical (unpaired) electrons. The molecule has 0 aliphatic rings. The molecule has 14 heavy (non-hydrogen) atoms. The first-order valence-electron chi connectivity index (χ1n) is 3.98. The maximum absolute atomic E-state index is 11.0. The fraction of sp³-hybridized carbons (Fsp3) is 0.333. The van der Waals surface area contributed by atoms with Gasteiger partial charge in [0.25, 0.3) is 0 Å². The second kappa shape index (κ2) is 6.21. The molecule has 0 saturated heterocycles. The van der Waals surface area contributed by atoms with Crippen LogP contribution in [0.3, 0.4) is 0 Å². The summed E-state index contributed by atoms with van der Waals surface area (Å²) in [6.07, 6.45) is 3.32. The van der Waals surface area contributed by atoms with Crippen molar-refractivity contribution in [3.63, 3.8) is 0 Å². The third-order valence-corrected chi connectivity index (χ3v) is 1.62. The van der Waals surface area contributed by atoms with Crippen molar-refractivity contribution in [1.82, 2.24) is 4.98 Å². The second-order valence-electron chi connectivity index (χ2n) is 2.63. The number of ether oxygens (including phenoxy) is 1. The highest BCUT2D eigenvalue weighted by molar-refractivity contribution is 5.85. The van der Waals surface area contributed by atoms with Gasteiger partial charge in [0.1, 0.15) is 6.04 Å². The first-order chi connectivity index (χ1) is 6.24. The molecule has 1 N–H and O–H groups in total. The predicted molar refractivity (Wildman–Crippen MR) is 56.6 cm³/mol. The van der Waals surface area contributed by atoms with Gasteiger partial charge < -0.3 is 10.1 Å². The summed E-state index contributed by atoms with van der Waals surface area (Å²) in [6.45, 7) is 1.74. The minimum atomic E-state index is -0.340. The van der Waals surface area contributed by atoms with Gasteiger partial charge in [-0.1, -0.05) is 0 Å². The topological polar surface area (TPSA) is 51.2 Å². The zero-order chi connectivity index (χ0) is 9.68. The van der Waals surface area contributed by atoms with Gasteiger partial charge in [-0.3, -0.25) is 4.98 Å². The molecule has 0 saturated carbocycles. The fourth-order valence-corrected chi connectivity index (χ4v) is 0.934. The van der Waals surface area contributed by atoms with E-state index in [9.17, 15) is 4.79 Å². The summed E-state index contributed by atoms with van der Waals surface area (Å²) in [6, 6.07) is 3.24. The Bertz CT molecular complexity index is 279. The molecule has 78 valence electrons. The first-order valence-corrected chi connectivity index (χ1v) is 3.98. The number of rotatable bonds is 3. The summed E-state index contributed by atoms with van der Waals surface area (Å²) < 4.78 is 4.57. The highest BCUT2D eigenvalue weighted by Gasteiger charge is 2.11. The lowest BCUT2D eigenvalue weighted by molar-refractivity contribution is -0.141. The molecular weight excluding hydrogens is 204 g/mol. The van der Waals surface area contributed by atoms with E-state index in [-0.39, 0.29) is 24.4 Å². The molecule has 0 aliphatic carbocycles. The van der Waals surface area contributed by atoms with Crippen molar-refractivity contribution in [2.75, 3.05) is 12.4 Å². The number of carbonyl (C=O) groups excluding carboxylic acids is 1. The number of methoxy groups -OCH3 is 1. The minimum absolute atomic E-state index is 0. The van der Waals surface area contributed by atoms with E-state index in [4.69, 9.17) is 0 Å². The molecule has 5 heteroatoms. The van der Waals surface area contributed by atoms with Gasteiger partial charge in [-0.25, -0.2) is 4.79 Å². The number of hydrogen-bond donors (Lipinski definition) is 1. The number of esters is 1. The fourth-order valence-electron chi connectivity index (χ4n) is 0.934. The van der Waals surface area contributed by atoms with Crippen molar-refractivity contribution in [3.05, 3.63) is 24.5 Å². The SMILES string of the molecule is COC(=O)[C@H](C)Nc1ccncc1.Cl. The lowest BCUT2D eigenvalue weighted by Gasteiger charge is -2.11. The van der Waals surface area contributed by atoms with Crippen molar-refractivity contribution < 1.29 is 9.53 Å². The molecular formula is C9H13ClN2O2. The number of anilines is 1. The zero-order valence-electron chi connectivity index (χ0n) is 8.06. The summed E-state index contributed by atoms with van der Waals surface area (Å²) in [5.74, 6) is -0.281. The molecule has 0 aliphatic heterocycles. The Morgan fingerprint density at radius 3 is 2.57 bits per heavy atom. The van der Waals surface area contributed by atoms with Gasteiger partial charge in [-0.2, -0.15) is 0 Å². The Morgan fingerprint density at radius 2 is 2.07 bits per heavy atom. The maximum Gasteiger partial charge on any atom is 0.327 e. The second-order valence-corrected chi connectivity index (χ2v) is 2.63. The average molecular weight is 217 g/mol. The quantitative estimate of drug-likeness (QED) is 0.778. The lowest BCUT2D eigenvalue weighted by atomic mass is 10.3. The van der Waals surface area contributed by atoms with Gasteiger partial charge in [0.05, 0.1) is 7.11 Å². The maximum atomic E-state index is 11.0. The zero-order valence-corrected chi connectivity index (χ0v) is 8.88. The van der Waals surface area contributed by atoms with E-state index in [1.807, 2.05) is 0 Å². The van der Waals surface area contributed by atoms with Crippen LogP contribution in [0.5, 0.6) is 0 Å². The third-order valence-electron chi connectivity index (χ3n) is 1.62. The van der Waals surface area contributed by atoms with E-state index in [0.29, 0.717) is 0 Å². The number of halogens is 1. The molecule has 1 heterocycles. The average Bonchev–Trinajstić information content (AvgIpc) is 2.18. The molecule has 0 fully saturated rings. The Hall–Kier alpha value is -1.29. The molecule has 1 aromatic heterocycles. The van der Waals surface area contributed by atoms with Crippen LogP contribution in [0, 0.1) is 0 Å². The van der Waals surface area contributed by atoms with E-state index in [1.54, 1.807) is 31.5 Å². The monoisotopic (exact) mass is 216 g/mol. The molecule has 1 rings (SSSR count). The van der Waals surface area contributed by atoms with Crippen molar-refractivity contribution in [2.45, 2.75) is 13.0 Å². The molecule has 0 amide bonds. The summed E-state index contributed by atoms with van der Waals surface area (Å²) in [7, 11) is 1.37. The van der Waals surface area contributed by atoms with Crippen LogP contribution in [-0.4, -0.2) is 24.1 Å². The van der Waals surface area contributed by atoms with Crippen LogP contribution in [0.25, 0.3) is 0 Å². The van der Waals surface area contributed by atoms with E-state index >= 15 is 0 Å². The van der Waals surface area contributed by atoms with Crippen molar-refractivity contribution in [1.29, 1.82) is 0 Å². The minimum Gasteiger partial charge on any atom is -0.467 e. The van der Waals surface area contributed by atoms with Crippen molar-refractivity contribution >= 4 is 24.1 Å². The normalized spacial score (nSPS) is 11.0. The summed E-state index contributed by atoms with van der Waals surface area (Å²) in [5.41, 5.74) is 0.855. The van der Waals surface area contributed by atoms with Gasteiger partial charge in [-0.15, -0.1) is 12.4 Å². The van der Waals surface area contributed by atoms with E-state index in [0.717, 1.165) is 5.69 Å². The smallest absolute Gasteiger partial charge is 0.327 e. The number of hydrogen-bond acceptors (Lipinski definition) is 4. The van der Waals surface area contributed by atoms with Gasteiger partial charge in [0.15, 0.2) is 0 Å². The predicted octanol–water partition coefficient (Wildman–Crippen LogP) is 1.48. The molecule has 0 bridgehead atoms. The largest absolute Gasteiger partial charge is 0.467 e. The highest BCUT2D eigenvalue weighted by Crippen LogP contribution is 2.05. The van der Waals surface area contributed by atoms with Crippen LogP contribution in [-0.2, 0) is 9.53 Å². The van der Waals surface area contributed by atoms with Crippen molar-refractivity contribution in [3.8, 4) is 0 Å². The van der Waals surface area contributed by atoms with Gasteiger partial charge in [0.2, 0.25) is 0 Å². The van der Waals surface area contributed by atoms with Crippen LogP contribution < -0.4 is 5.32 Å². The lowest BCUT2D eigenvalue weighted by Crippen LogP contribution is -2.27. The highest BCUT2D eigenvalue weighted by atomic mass is 35.5. The molecule has 4 nitrogen and oxygen atoms in total. The van der Waals surface area contributed by atoms with Crippen LogP contribution in [0.4, 0.5) is 5.69 Å². The standard InChI is InChI=1S/C9H12N2O2.ClH/c1-7(9(12)13-2)11-8-3-5-10-6-4-8;/h3-7H,1-2H3,(H,10,11);1H/t7-;/m0./s1. The Balaban J connectivity index is 0.00000169. The number of carbonyl (C=O) groups is 1. The Kier molecular flexibility index (Phi) is 5.64. The van der Waals surface area contributed by atoms with Crippen LogP contribution in [0.2, 0.25) is 0 Å². The van der Waals surface area contributed by atoms with Gasteiger partial charge >= 0.3 is 5.97 Å². The van der Waals surface area contributed by atoms with Crippen LogP contribution >= 0.6 is 12.4 Å². The third kappa shape index (κ3) is 3.62. The van der Waals surface area contributed by atoms with Gasteiger partial charge in [0, 0.05) is 18.1 Å². The van der Waals surface area contributed by atoms with Crippen molar-refractivity contribution in [2.24, 2.45) is 0 Å². The number of nitrogens with zero attached hydrogens (tertiary/aromatic N) is 1. The molecule has 0 unspecified atom stereocenters.